The topological polar surface area (TPSA) is 12.5 Å². The van der Waals surface area contributed by atoms with Crippen molar-refractivity contribution in [3.63, 3.8) is 0 Å². The van der Waals surface area contributed by atoms with Gasteiger partial charge in [0.2, 0.25) is 0 Å². The molecule has 0 N–H and O–H groups in total. The molecule has 3 unspecified atom stereocenters. The van der Waals surface area contributed by atoms with E-state index in [4.69, 9.17) is 4.74 Å². The summed E-state index contributed by atoms with van der Waals surface area (Å²) in [7, 11) is 2.27. The van der Waals surface area contributed by atoms with E-state index in [9.17, 15) is 0 Å². The molecule has 0 saturated carbocycles. The van der Waals surface area contributed by atoms with Gasteiger partial charge in [0.15, 0.2) is 0 Å². The maximum Gasteiger partial charge on any atom is 0.0630 e. The third-order valence-electron chi connectivity index (χ3n) is 4.49. The summed E-state index contributed by atoms with van der Waals surface area (Å²) in [5.74, 6) is 0. The molecule has 0 amide bonds. The Hall–Kier alpha value is -0.0800. The van der Waals surface area contributed by atoms with Crippen LogP contribution in [0, 0.1) is 5.41 Å². The fourth-order valence-corrected chi connectivity index (χ4v) is 3.09. The van der Waals surface area contributed by atoms with Gasteiger partial charge in [-0.3, -0.25) is 4.90 Å². The molecule has 1 heterocycles. The van der Waals surface area contributed by atoms with Crippen LogP contribution in [0.4, 0.5) is 0 Å². The van der Waals surface area contributed by atoms with Crippen LogP contribution < -0.4 is 0 Å². The minimum Gasteiger partial charge on any atom is -0.377 e. The first kappa shape index (κ1) is 15.0. The van der Waals surface area contributed by atoms with Gasteiger partial charge >= 0.3 is 0 Å². The number of ether oxygens (including phenoxy) is 1. The lowest BCUT2D eigenvalue weighted by atomic mass is 9.76. The monoisotopic (exact) mass is 241 g/mol. The minimum absolute atomic E-state index is 0.371. The zero-order valence-electron chi connectivity index (χ0n) is 12.6. The lowest BCUT2D eigenvalue weighted by molar-refractivity contribution is -0.101. The highest BCUT2D eigenvalue weighted by molar-refractivity contribution is 4.92. The Labute approximate surface area is 108 Å². The molecule has 0 radical (unpaired) electrons. The van der Waals surface area contributed by atoms with E-state index in [1.165, 1.54) is 19.3 Å². The van der Waals surface area contributed by atoms with E-state index in [-0.39, 0.29) is 0 Å². The third-order valence-corrected chi connectivity index (χ3v) is 4.49. The Balaban J connectivity index is 2.64. The summed E-state index contributed by atoms with van der Waals surface area (Å²) >= 11 is 0. The predicted octanol–water partition coefficient (Wildman–Crippen LogP) is 3.70. The van der Waals surface area contributed by atoms with Crippen molar-refractivity contribution in [2.24, 2.45) is 5.41 Å². The van der Waals surface area contributed by atoms with Crippen molar-refractivity contribution >= 4 is 0 Å². The number of nitrogens with zero attached hydrogens (tertiary/aromatic N) is 1. The second-order valence-electron chi connectivity index (χ2n) is 6.38. The van der Waals surface area contributed by atoms with Crippen LogP contribution in [-0.2, 0) is 4.74 Å². The van der Waals surface area contributed by atoms with Crippen LogP contribution in [0.5, 0.6) is 0 Å². The van der Waals surface area contributed by atoms with Gasteiger partial charge in [0.1, 0.15) is 0 Å². The van der Waals surface area contributed by atoms with Crippen molar-refractivity contribution < 1.29 is 4.74 Å². The van der Waals surface area contributed by atoms with Crippen LogP contribution in [0.3, 0.4) is 0 Å². The molecule has 0 aromatic heterocycles. The van der Waals surface area contributed by atoms with E-state index in [1.54, 1.807) is 0 Å². The van der Waals surface area contributed by atoms with Gasteiger partial charge in [0, 0.05) is 12.1 Å². The Morgan fingerprint density at radius 2 is 2.00 bits per heavy atom. The molecule has 1 aliphatic heterocycles. The fraction of sp³-hybridized carbons (Fsp3) is 1.00. The molecule has 1 saturated heterocycles. The number of rotatable bonds is 5. The van der Waals surface area contributed by atoms with Crippen LogP contribution in [0.1, 0.15) is 60.3 Å². The lowest BCUT2D eigenvalue weighted by Crippen LogP contribution is -2.54. The molecule has 2 heteroatoms. The van der Waals surface area contributed by atoms with Gasteiger partial charge in [-0.15, -0.1) is 0 Å². The van der Waals surface area contributed by atoms with Gasteiger partial charge in [-0.1, -0.05) is 34.1 Å². The van der Waals surface area contributed by atoms with Crippen LogP contribution in [0.2, 0.25) is 0 Å². The Kier molecular flexibility index (Phi) is 5.46. The quantitative estimate of drug-likeness (QED) is 0.727. The third kappa shape index (κ3) is 3.69. The highest BCUT2D eigenvalue weighted by atomic mass is 16.5. The molecule has 102 valence electrons. The van der Waals surface area contributed by atoms with Crippen molar-refractivity contribution in [2.45, 2.75) is 78.5 Å². The molecule has 1 aliphatic rings. The summed E-state index contributed by atoms with van der Waals surface area (Å²) in [6.45, 7) is 12.5. The lowest BCUT2D eigenvalue weighted by Gasteiger charge is -2.48. The van der Waals surface area contributed by atoms with Gasteiger partial charge in [-0.25, -0.2) is 0 Å². The van der Waals surface area contributed by atoms with Crippen molar-refractivity contribution in [2.75, 3.05) is 13.7 Å². The van der Waals surface area contributed by atoms with Gasteiger partial charge < -0.3 is 4.74 Å². The zero-order valence-corrected chi connectivity index (χ0v) is 12.6. The van der Waals surface area contributed by atoms with E-state index in [0.29, 0.717) is 23.6 Å². The SMILES string of the molecule is CCCC(C)N(C)C1COC(CC)CC1(C)C. The van der Waals surface area contributed by atoms with E-state index < -0.39 is 0 Å². The summed E-state index contributed by atoms with van der Waals surface area (Å²) in [5, 5.41) is 0. The summed E-state index contributed by atoms with van der Waals surface area (Å²) in [6, 6.07) is 1.22. The average Bonchev–Trinajstić information content (AvgIpc) is 2.27. The summed E-state index contributed by atoms with van der Waals surface area (Å²) in [6.07, 6.45) is 5.34. The molecule has 0 spiro atoms. The molecule has 0 aromatic carbocycles. The van der Waals surface area contributed by atoms with Crippen LogP contribution in [0.15, 0.2) is 0 Å². The van der Waals surface area contributed by atoms with E-state index in [1.807, 2.05) is 0 Å². The molecule has 2 nitrogen and oxygen atoms in total. The van der Waals surface area contributed by atoms with E-state index in [2.05, 4.69) is 46.6 Å². The van der Waals surface area contributed by atoms with Crippen molar-refractivity contribution in [3.05, 3.63) is 0 Å². The highest BCUT2D eigenvalue weighted by Crippen LogP contribution is 2.37. The smallest absolute Gasteiger partial charge is 0.0630 e. The average molecular weight is 241 g/mol. The van der Waals surface area contributed by atoms with Gasteiger partial charge in [-0.05, 0) is 38.6 Å². The van der Waals surface area contributed by atoms with Gasteiger partial charge in [0.05, 0.1) is 12.7 Å². The largest absolute Gasteiger partial charge is 0.377 e. The molecule has 1 fully saturated rings. The maximum absolute atomic E-state index is 5.98. The Morgan fingerprint density at radius 3 is 2.47 bits per heavy atom. The van der Waals surface area contributed by atoms with Crippen molar-refractivity contribution in [1.29, 1.82) is 0 Å². The fourth-order valence-electron chi connectivity index (χ4n) is 3.09. The molecule has 0 bridgehead atoms. The number of likely N-dealkylation sites (N-methyl/N-ethyl adjacent to an activating group) is 1. The molecule has 1 rings (SSSR count). The predicted molar refractivity (Wildman–Crippen MR) is 74.4 cm³/mol. The first-order valence-electron chi connectivity index (χ1n) is 7.25. The Bertz CT molecular complexity index is 227. The molecule has 3 atom stereocenters. The zero-order chi connectivity index (χ0) is 13.1. The molecular weight excluding hydrogens is 210 g/mol. The summed E-state index contributed by atoms with van der Waals surface area (Å²) in [4.78, 5) is 2.54. The first-order chi connectivity index (χ1) is 7.92. The second kappa shape index (κ2) is 6.19. The Morgan fingerprint density at radius 1 is 1.35 bits per heavy atom. The highest BCUT2D eigenvalue weighted by Gasteiger charge is 2.40. The van der Waals surface area contributed by atoms with Crippen LogP contribution in [0.25, 0.3) is 0 Å². The number of hydrogen-bond acceptors (Lipinski definition) is 2. The normalized spacial score (nSPS) is 30.5. The van der Waals surface area contributed by atoms with Crippen LogP contribution in [-0.4, -0.2) is 36.7 Å². The van der Waals surface area contributed by atoms with E-state index in [0.717, 1.165) is 13.0 Å². The second-order valence-corrected chi connectivity index (χ2v) is 6.38. The standard InChI is InChI=1S/C15H31NO/c1-7-9-12(3)16(6)14-11-17-13(8-2)10-15(14,4)5/h12-14H,7-11H2,1-6H3. The van der Waals surface area contributed by atoms with Crippen LogP contribution >= 0.6 is 0 Å². The van der Waals surface area contributed by atoms with Crippen molar-refractivity contribution in [3.8, 4) is 0 Å². The van der Waals surface area contributed by atoms with Crippen molar-refractivity contribution in [1.82, 2.24) is 4.90 Å². The molecule has 0 aromatic rings. The number of hydrogen-bond donors (Lipinski definition) is 0. The van der Waals surface area contributed by atoms with E-state index >= 15 is 0 Å². The summed E-state index contributed by atoms with van der Waals surface area (Å²) in [5.41, 5.74) is 0.371. The molecule has 17 heavy (non-hydrogen) atoms. The van der Waals surface area contributed by atoms with Gasteiger partial charge in [0.25, 0.3) is 0 Å². The molecular formula is C15H31NO. The maximum atomic E-state index is 5.98. The molecule has 0 aliphatic carbocycles. The van der Waals surface area contributed by atoms with Gasteiger partial charge in [-0.2, -0.15) is 0 Å². The summed E-state index contributed by atoms with van der Waals surface area (Å²) < 4.78 is 5.98. The minimum atomic E-state index is 0.371. The first-order valence-corrected chi connectivity index (χ1v) is 7.25.